The van der Waals surface area contributed by atoms with E-state index in [1.807, 2.05) is 0 Å². The lowest BCUT2D eigenvalue weighted by molar-refractivity contribution is -0.130. The molecule has 1 aliphatic rings. The molecule has 1 saturated heterocycles. The van der Waals surface area contributed by atoms with Crippen LogP contribution in [0.15, 0.2) is 0 Å². The van der Waals surface area contributed by atoms with Crippen LogP contribution >= 0.6 is 0 Å². The molecule has 0 aromatic carbocycles. The Labute approximate surface area is 158 Å². The summed E-state index contributed by atoms with van der Waals surface area (Å²) in [4.78, 5) is 14.0. The zero-order chi connectivity index (χ0) is 18.2. The largest absolute Gasteiger partial charge is 0.343 e. The Hall–Kier alpha value is -0.530. The Morgan fingerprint density at radius 2 is 1.24 bits per heavy atom. The van der Waals surface area contributed by atoms with Crippen molar-refractivity contribution in [1.82, 2.24) is 4.90 Å². The summed E-state index contributed by atoms with van der Waals surface area (Å²) in [5.41, 5.74) is 0. The Morgan fingerprint density at radius 3 is 1.80 bits per heavy atom. The minimum absolute atomic E-state index is 0.404. The van der Waals surface area contributed by atoms with E-state index in [9.17, 15) is 4.79 Å². The van der Waals surface area contributed by atoms with Crippen LogP contribution < -0.4 is 0 Å². The van der Waals surface area contributed by atoms with E-state index in [0.29, 0.717) is 5.91 Å². The fourth-order valence-corrected chi connectivity index (χ4v) is 4.02. The summed E-state index contributed by atoms with van der Waals surface area (Å²) in [5, 5.41) is 0. The van der Waals surface area contributed by atoms with Crippen molar-refractivity contribution < 1.29 is 4.79 Å². The molecule has 0 saturated carbocycles. The Bertz CT molecular complexity index is 309. The molecule has 1 aliphatic heterocycles. The highest BCUT2D eigenvalue weighted by Crippen LogP contribution is 2.19. The van der Waals surface area contributed by atoms with Gasteiger partial charge in [-0.2, -0.15) is 0 Å². The van der Waals surface area contributed by atoms with E-state index in [0.717, 1.165) is 31.8 Å². The lowest BCUT2D eigenvalue weighted by Gasteiger charge is -2.14. The van der Waals surface area contributed by atoms with E-state index in [1.165, 1.54) is 96.3 Å². The Kier molecular flexibility index (Phi) is 14.1. The van der Waals surface area contributed by atoms with Crippen LogP contribution in [-0.4, -0.2) is 23.9 Å². The van der Waals surface area contributed by atoms with Gasteiger partial charge in [-0.3, -0.25) is 4.79 Å². The van der Waals surface area contributed by atoms with E-state index in [1.54, 1.807) is 0 Å². The topological polar surface area (TPSA) is 20.3 Å². The SMILES string of the molecule is CCCCCCCCC(C)CCCCCCCCC(=O)N1CCCC1. The third-order valence-electron chi connectivity index (χ3n) is 5.85. The first kappa shape index (κ1) is 22.5. The third kappa shape index (κ3) is 12.5. The van der Waals surface area contributed by atoms with Crippen molar-refractivity contribution in [2.24, 2.45) is 5.92 Å². The molecule has 1 heterocycles. The van der Waals surface area contributed by atoms with Crippen molar-refractivity contribution >= 4 is 5.91 Å². The van der Waals surface area contributed by atoms with Gasteiger partial charge in [0.25, 0.3) is 0 Å². The quantitative estimate of drug-likeness (QED) is 0.271. The molecule has 0 radical (unpaired) electrons. The van der Waals surface area contributed by atoms with Crippen molar-refractivity contribution in [3.8, 4) is 0 Å². The van der Waals surface area contributed by atoms with E-state index in [4.69, 9.17) is 0 Å². The number of carbonyl (C=O) groups is 1. The highest BCUT2D eigenvalue weighted by Gasteiger charge is 2.16. The first-order valence-electron chi connectivity index (χ1n) is 11.5. The lowest BCUT2D eigenvalue weighted by atomic mass is 9.96. The molecule has 1 unspecified atom stereocenters. The first-order chi connectivity index (χ1) is 12.2. The minimum Gasteiger partial charge on any atom is -0.343 e. The van der Waals surface area contributed by atoms with Gasteiger partial charge in [-0.25, -0.2) is 0 Å². The molecule has 2 heteroatoms. The monoisotopic (exact) mass is 351 g/mol. The summed E-state index contributed by atoms with van der Waals surface area (Å²) in [6, 6.07) is 0. The third-order valence-corrected chi connectivity index (χ3v) is 5.85. The van der Waals surface area contributed by atoms with Crippen molar-refractivity contribution in [3.63, 3.8) is 0 Å². The van der Waals surface area contributed by atoms with E-state index in [2.05, 4.69) is 18.7 Å². The Balaban J connectivity index is 1.79. The summed E-state index contributed by atoms with van der Waals surface area (Å²) in [6.45, 7) is 6.75. The zero-order valence-electron chi connectivity index (χ0n) is 17.4. The van der Waals surface area contributed by atoms with E-state index in [-0.39, 0.29) is 0 Å². The maximum Gasteiger partial charge on any atom is 0.222 e. The molecule has 2 nitrogen and oxygen atoms in total. The smallest absolute Gasteiger partial charge is 0.222 e. The molecule has 0 aromatic heterocycles. The summed E-state index contributed by atoms with van der Waals surface area (Å²) in [7, 11) is 0. The molecule has 0 spiro atoms. The number of unbranched alkanes of at least 4 members (excludes halogenated alkanes) is 10. The molecule has 1 amide bonds. The summed E-state index contributed by atoms with van der Waals surface area (Å²) < 4.78 is 0. The average molecular weight is 352 g/mol. The highest BCUT2D eigenvalue weighted by atomic mass is 16.2. The lowest BCUT2D eigenvalue weighted by Crippen LogP contribution is -2.27. The highest BCUT2D eigenvalue weighted by molar-refractivity contribution is 5.76. The first-order valence-corrected chi connectivity index (χ1v) is 11.5. The molecule has 1 atom stereocenters. The van der Waals surface area contributed by atoms with Crippen LogP contribution in [0.2, 0.25) is 0 Å². The molecular formula is C23H45NO. The fraction of sp³-hybridized carbons (Fsp3) is 0.957. The number of likely N-dealkylation sites (tertiary alicyclic amines) is 1. The van der Waals surface area contributed by atoms with Crippen LogP contribution in [0.1, 0.15) is 123 Å². The molecule has 0 aliphatic carbocycles. The number of rotatable bonds is 16. The van der Waals surface area contributed by atoms with Gasteiger partial charge in [0.15, 0.2) is 0 Å². The van der Waals surface area contributed by atoms with Crippen molar-refractivity contribution in [2.45, 2.75) is 123 Å². The molecule has 0 N–H and O–H groups in total. The van der Waals surface area contributed by atoms with Crippen molar-refractivity contribution in [2.75, 3.05) is 13.1 Å². The molecule has 25 heavy (non-hydrogen) atoms. The van der Waals surface area contributed by atoms with Crippen LogP contribution in [-0.2, 0) is 4.79 Å². The number of amides is 1. The summed E-state index contributed by atoms with van der Waals surface area (Å²) >= 11 is 0. The van der Waals surface area contributed by atoms with Gasteiger partial charge in [-0.05, 0) is 25.2 Å². The standard InChI is InChI=1S/C23H45NO/c1-3-4-5-6-9-12-17-22(2)18-13-10-7-8-11-14-19-23(25)24-20-15-16-21-24/h22H,3-21H2,1-2H3. The molecule has 1 rings (SSSR count). The second kappa shape index (κ2) is 15.7. The van der Waals surface area contributed by atoms with E-state index >= 15 is 0 Å². The normalized spacial score (nSPS) is 15.7. The van der Waals surface area contributed by atoms with Gasteiger partial charge in [-0.1, -0.05) is 97.3 Å². The van der Waals surface area contributed by atoms with Crippen LogP contribution in [0.25, 0.3) is 0 Å². The predicted octanol–water partition coefficient (Wildman–Crippen LogP) is 7.12. The predicted molar refractivity (Wildman–Crippen MR) is 110 cm³/mol. The van der Waals surface area contributed by atoms with Gasteiger partial charge in [0, 0.05) is 19.5 Å². The summed E-state index contributed by atoms with van der Waals surface area (Å²) in [6.07, 6.45) is 22.4. The zero-order valence-corrected chi connectivity index (χ0v) is 17.4. The van der Waals surface area contributed by atoms with Crippen molar-refractivity contribution in [1.29, 1.82) is 0 Å². The van der Waals surface area contributed by atoms with Crippen LogP contribution in [0.3, 0.4) is 0 Å². The number of hydrogen-bond acceptors (Lipinski definition) is 1. The van der Waals surface area contributed by atoms with Gasteiger partial charge in [0.1, 0.15) is 0 Å². The van der Waals surface area contributed by atoms with Crippen molar-refractivity contribution in [3.05, 3.63) is 0 Å². The summed E-state index contributed by atoms with van der Waals surface area (Å²) in [5.74, 6) is 1.32. The second-order valence-corrected chi connectivity index (χ2v) is 8.41. The molecule has 1 fully saturated rings. The average Bonchev–Trinajstić information content (AvgIpc) is 3.15. The number of nitrogens with zero attached hydrogens (tertiary/aromatic N) is 1. The fourth-order valence-electron chi connectivity index (χ4n) is 4.02. The number of hydrogen-bond donors (Lipinski definition) is 0. The molecular weight excluding hydrogens is 306 g/mol. The van der Waals surface area contributed by atoms with Gasteiger partial charge >= 0.3 is 0 Å². The molecule has 148 valence electrons. The maximum atomic E-state index is 11.9. The van der Waals surface area contributed by atoms with Gasteiger partial charge < -0.3 is 4.90 Å². The van der Waals surface area contributed by atoms with Crippen LogP contribution in [0.5, 0.6) is 0 Å². The van der Waals surface area contributed by atoms with Crippen LogP contribution in [0.4, 0.5) is 0 Å². The van der Waals surface area contributed by atoms with Crippen LogP contribution in [0, 0.1) is 5.92 Å². The Morgan fingerprint density at radius 1 is 0.760 bits per heavy atom. The molecule has 0 aromatic rings. The number of carbonyl (C=O) groups excluding carboxylic acids is 1. The van der Waals surface area contributed by atoms with Gasteiger partial charge in [-0.15, -0.1) is 0 Å². The van der Waals surface area contributed by atoms with Gasteiger partial charge in [0.2, 0.25) is 5.91 Å². The minimum atomic E-state index is 0.404. The molecule has 0 bridgehead atoms. The van der Waals surface area contributed by atoms with E-state index < -0.39 is 0 Å². The second-order valence-electron chi connectivity index (χ2n) is 8.41. The maximum absolute atomic E-state index is 11.9. The van der Waals surface area contributed by atoms with Gasteiger partial charge in [0.05, 0.1) is 0 Å².